The maximum atomic E-state index is 12.3. The van der Waals surface area contributed by atoms with Gasteiger partial charge in [0.15, 0.2) is 5.78 Å². The zero-order valence-electron chi connectivity index (χ0n) is 28.1. The Balaban J connectivity index is 2.19. The van der Waals surface area contributed by atoms with Crippen molar-refractivity contribution in [3.05, 3.63) is 23.7 Å². The first-order valence-electron chi connectivity index (χ1n) is 16.1. The summed E-state index contributed by atoms with van der Waals surface area (Å²) < 4.78 is 1.51. The van der Waals surface area contributed by atoms with E-state index in [4.69, 9.17) is 5.73 Å². The monoisotopic (exact) mass is 640 g/mol. The van der Waals surface area contributed by atoms with Crippen LogP contribution in [0.2, 0.25) is 0 Å². The molecular formula is C31H60N8O6+2. The number of rotatable bonds is 21. The zero-order valence-corrected chi connectivity index (χ0v) is 28.1. The van der Waals surface area contributed by atoms with Gasteiger partial charge < -0.3 is 46.2 Å². The summed E-state index contributed by atoms with van der Waals surface area (Å²) in [6, 6.07) is -0.315. The second-order valence-electron chi connectivity index (χ2n) is 13.2. The number of ketones is 1. The van der Waals surface area contributed by atoms with Crippen molar-refractivity contribution in [3.63, 3.8) is 0 Å². The highest BCUT2D eigenvalue weighted by molar-refractivity contribution is 5.90. The van der Waals surface area contributed by atoms with Crippen molar-refractivity contribution < 1.29 is 38.4 Å². The van der Waals surface area contributed by atoms with Crippen molar-refractivity contribution in [2.75, 3.05) is 80.5 Å². The molecule has 0 bridgehead atoms. The lowest BCUT2D eigenvalue weighted by molar-refractivity contribution is -0.890. The molecule has 0 saturated heterocycles. The summed E-state index contributed by atoms with van der Waals surface area (Å²) in [5.74, 6) is -0.274. The van der Waals surface area contributed by atoms with Gasteiger partial charge in [-0.15, -0.1) is 0 Å². The minimum atomic E-state index is -1.38. The van der Waals surface area contributed by atoms with Gasteiger partial charge in [-0.05, 0) is 26.0 Å². The SMILES string of the molecule is CC1=CC(=O)CCC=C(NC(=O)NCCC[N+](C)(C)CCCNC(=O)CC(O)CC(O)C(=O)NCCC[N+](C)(C)CCCN)N1. The number of aliphatic hydroxyl groups excluding tert-OH is 2. The van der Waals surface area contributed by atoms with Gasteiger partial charge in [-0.3, -0.25) is 19.7 Å². The highest BCUT2D eigenvalue weighted by atomic mass is 16.3. The molecule has 0 aromatic rings. The van der Waals surface area contributed by atoms with Crippen LogP contribution in [-0.4, -0.2) is 136 Å². The van der Waals surface area contributed by atoms with Crippen LogP contribution in [0.25, 0.3) is 0 Å². The molecule has 0 aliphatic carbocycles. The Morgan fingerprint density at radius 1 is 0.911 bits per heavy atom. The Kier molecular flexibility index (Phi) is 18.6. The molecule has 9 N–H and O–H groups in total. The van der Waals surface area contributed by atoms with Gasteiger partial charge >= 0.3 is 6.03 Å². The number of aliphatic hydroxyl groups is 2. The predicted octanol–water partition coefficient (Wildman–Crippen LogP) is -0.610. The molecule has 0 saturated carbocycles. The fraction of sp³-hybridized carbons (Fsp3) is 0.742. The lowest BCUT2D eigenvalue weighted by Gasteiger charge is -2.30. The quantitative estimate of drug-likeness (QED) is 0.0601. The first-order valence-corrected chi connectivity index (χ1v) is 16.1. The van der Waals surface area contributed by atoms with E-state index in [-0.39, 0.29) is 30.6 Å². The maximum Gasteiger partial charge on any atom is 0.320 e. The number of nitrogens with zero attached hydrogens (tertiary/aromatic N) is 2. The molecule has 1 aliphatic rings. The van der Waals surface area contributed by atoms with Gasteiger partial charge in [-0.2, -0.15) is 0 Å². The van der Waals surface area contributed by atoms with Crippen LogP contribution in [0, 0.1) is 0 Å². The van der Waals surface area contributed by atoms with E-state index < -0.39 is 18.1 Å². The van der Waals surface area contributed by atoms with Crippen LogP contribution >= 0.6 is 0 Å². The number of urea groups is 1. The van der Waals surface area contributed by atoms with E-state index in [1.54, 1.807) is 13.0 Å². The van der Waals surface area contributed by atoms with Crippen molar-refractivity contribution in [1.82, 2.24) is 26.6 Å². The Bertz CT molecular complexity index is 1010. The molecule has 2 atom stereocenters. The smallest absolute Gasteiger partial charge is 0.320 e. The van der Waals surface area contributed by atoms with Crippen molar-refractivity contribution in [1.29, 1.82) is 0 Å². The van der Waals surface area contributed by atoms with Crippen LogP contribution in [0.3, 0.4) is 0 Å². The van der Waals surface area contributed by atoms with Crippen LogP contribution in [0.5, 0.6) is 0 Å². The van der Waals surface area contributed by atoms with Crippen molar-refractivity contribution >= 4 is 23.6 Å². The molecule has 2 unspecified atom stereocenters. The molecule has 14 heteroatoms. The Morgan fingerprint density at radius 3 is 2.07 bits per heavy atom. The molecule has 0 radical (unpaired) electrons. The van der Waals surface area contributed by atoms with Gasteiger partial charge in [0.2, 0.25) is 11.8 Å². The molecule has 4 amide bonds. The summed E-state index contributed by atoms with van der Waals surface area (Å²) in [6.07, 6.45) is 4.56. The summed E-state index contributed by atoms with van der Waals surface area (Å²) in [5, 5.41) is 34.5. The molecule has 0 aromatic carbocycles. The summed E-state index contributed by atoms with van der Waals surface area (Å²) in [5.41, 5.74) is 6.25. The van der Waals surface area contributed by atoms with E-state index in [9.17, 15) is 29.4 Å². The predicted molar refractivity (Wildman–Crippen MR) is 174 cm³/mol. The number of allylic oxidation sites excluding steroid dienone is 3. The van der Waals surface area contributed by atoms with Gasteiger partial charge in [-0.25, -0.2) is 4.79 Å². The molecule has 0 aromatic heterocycles. The number of amides is 4. The maximum absolute atomic E-state index is 12.3. The lowest BCUT2D eigenvalue weighted by Crippen LogP contribution is -2.45. The minimum Gasteiger partial charge on any atom is -0.392 e. The Labute approximate surface area is 269 Å². The fourth-order valence-corrected chi connectivity index (χ4v) is 4.98. The number of hydrogen-bond donors (Lipinski definition) is 8. The molecule has 0 fully saturated rings. The Hall–Kier alpha value is -3.04. The Morgan fingerprint density at radius 2 is 1.47 bits per heavy atom. The topological polar surface area (TPSA) is 195 Å². The fourth-order valence-electron chi connectivity index (χ4n) is 4.98. The number of quaternary nitrogens is 2. The van der Waals surface area contributed by atoms with Gasteiger partial charge in [-0.1, -0.05) is 0 Å². The van der Waals surface area contributed by atoms with Crippen molar-refractivity contribution in [2.45, 2.75) is 70.5 Å². The second-order valence-corrected chi connectivity index (χ2v) is 13.2. The summed E-state index contributed by atoms with van der Waals surface area (Å²) in [4.78, 5) is 48.3. The second kappa shape index (κ2) is 20.9. The largest absolute Gasteiger partial charge is 0.392 e. The zero-order chi connectivity index (χ0) is 33.9. The third-order valence-electron chi connectivity index (χ3n) is 7.61. The molecule has 0 spiro atoms. The van der Waals surface area contributed by atoms with E-state index in [1.807, 2.05) is 0 Å². The van der Waals surface area contributed by atoms with Gasteiger partial charge in [0, 0.05) is 69.9 Å². The standard InChI is InChI=1S/C31H58N8O6/c1-24-21-25(40)11-6-12-28(36-24)37-31(45)35-16-10-20-39(4,5)18-8-14-33-29(43)23-26(41)22-27(42)30(44)34-15-9-19-38(2,3)17-7-13-32/h12,21,26-27,41-42H,6-11,13-20,22-23,32H2,1-5H3,(H3-2,33,34,35,36,37,40,43,44,45)/p+2. The molecule has 1 aliphatic heterocycles. The molecular weight excluding hydrogens is 580 g/mol. The van der Waals surface area contributed by atoms with Crippen LogP contribution in [0.15, 0.2) is 23.7 Å². The normalized spacial score (nSPS) is 15.4. The van der Waals surface area contributed by atoms with E-state index in [0.717, 1.165) is 56.3 Å². The number of hydrogen-bond acceptors (Lipinski definition) is 8. The molecule has 1 heterocycles. The molecule has 14 nitrogen and oxygen atoms in total. The first-order chi connectivity index (χ1) is 21.1. The highest BCUT2D eigenvalue weighted by Crippen LogP contribution is 2.06. The van der Waals surface area contributed by atoms with Crippen molar-refractivity contribution in [2.24, 2.45) is 5.73 Å². The average Bonchev–Trinajstić information content (AvgIpc) is 2.93. The molecule has 45 heavy (non-hydrogen) atoms. The van der Waals surface area contributed by atoms with Gasteiger partial charge in [0.1, 0.15) is 11.9 Å². The van der Waals surface area contributed by atoms with Crippen LogP contribution in [-0.2, 0) is 14.4 Å². The number of nitrogens with one attached hydrogen (secondary N) is 5. The number of nitrogens with two attached hydrogens (primary N) is 1. The van der Waals surface area contributed by atoms with Gasteiger partial charge in [0.25, 0.3) is 0 Å². The van der Waals surface area contributed by atoms with Crippen LogP contribution in [0.4, 0.5) is 4.79 Å². The number of carbonyl (C=O) groups excluding carboxylic acids is 4. The number of carbonyl (C=O) groups is 4. The minimum absolute atomic E-state index is 0.0516. The van der Waals surface area contributed by atoms with Gasteiger partial charge in [0.05, 0.1) is 66.9 Å². The summed E-state index contributed by atoms with van der Waals surface area (Å²) in [6.45, 7) is 7.24. The third-order valence-corrected chi connectivity index (χ3v) is 7.61. The summed E-state index contributed by atoms with van der Waals surface area (Å²) in [7, 11) is 8.39. The van der Waals surface area contributed by atoms with E-state index in [0.29, 0.717) is 55.0 Å². The van der Waals surface area contributed by atoms with Crippen LogP contribution in [0.1, 0.15) is 58.3 Å². The van der Waals surface area contributed by atoms with Crippen LogP contribution < -0.4 is 32.3 Å². The summed E-state index contributed by atoms with van der Waals surface area (Å²) >= 11 is 0. The van der Waals surface area contributed by atoms with Crippen molar-refractivity contribution in [3.8, 4) is 0 Å². The highest BCUT2D eigenvalue weighted by Gasteiger charge is 2.22. The third kappa shape index (κ3) is 19.9. The van der Waals surface area contributed by atoms with E-state index in [2.05, 4.69) is 54.8 Å². The van der Waals surface area contributed by atoms with E-state index in [1.165, 1.54) is 6.08 Å². The average molecular weight is 641 g/mol. The van der Waals surface area contributed by atoms with E-state index >= 15 is 0 Å². The molecule has 258 valence electrons. The lowest BCUT2D eigenvalue weighted by atomic mass is 10.1. The molecule has 1 rings (SSSR count). The first kappa shape index (κ1) is 40.0.